The third-order valence-electron chi connectivity index (χ3n) is 1.41. The molecule has 0 spiro atoms. The maximum atomic E-state index is 10.5. The molecule has 0 aromatic heterocycles. The van der Waals surface area contributed by atoms with E-state index in [1.54, 1.807) is 0 Å². The van der Waals surface area contributed by atoms with Gasteiger partial charge in [0.1, 0.15) is 5.78 Å². The molecule has 0 heterocycles. The van der Waals surface area contributed by atoms with E-state index in [-0.39, 0.29) is 0 Å². The Hall–Kier alpha value is 0.605. The molecule has 0 saturated heterocycles. The zero-order valence-electron chi connectivity index (χ0n) is 6.15. The Kier molecular flexibility index (Phi) is 7.17. The molecular weight excluding hydrogens is 301 g/mol. The summed E-state index contributed by atoms with van der Waals surface area (Å²) in [7, 11) is 0. The molecule has 1 saturated carbocycles. The van der Waals surface area contributed by atoms with Gasteiger partial charge in [-0.3, -0.25) is 4.79 Å². The Morgan fingerprint density at radius 2 is 1.56 bits per heavy atom. The van der Waals surface area contributed by atoms with E-state index >= 15 is 0 Å². The second kappa shape index (κ2) is 6.72. The van der Waals surface area contributed by atoms with Crippen molar-refractivity contribution in [2.75, 3.05) is 0 Å². The summed E-state index contributed by atoms with van der Waals surface area (Å²) in [5.74, 6) is 0.464. The van der Waals surface area contributed by atoms with Crippen molar-refractivity contribution in [3.63, 3.8) is 0 Å². The summed E-state index contributed by atoms with van der Waals surface area (Å²) >= 11 is 1.03. The van der Waals surface area contributed by atoms with Gasteiger partial charge in [-0.1, -0.05) is 6.42 Å². The van der Waals surface area contributed by atoms with E-state index in [1.807, 2.05) is 0 Å². The van der Waals surface area contributed by atoms with Crippen LogP contribution in [0.4, 0.5) is 0 Å². The first kappa shape index (κ1) is 9.61. The molecule has 1 nitrogen and oxygen atoms in total. The summed E-state index contributed by atoms with van der Waals surface area (Å²) < 4.78 is 2.19. The van der Waals surface area contributed by atoms with Crippen molar-refractivity contribution >= 4 is 5.78 Å². The maximum absolute atomic E-state index is 10.5. The Morgan fingerprint density at radius 1 is 1.11 bits per heavy atom. The zero-order chi connectivity index (χ0) is 7.11. The summed E-state index contributed by atoms with van der Waals surface area (Å²) in [6, 6.07) is 0. The molecule has 0 amide bonds. The number of Topliss-reactive ketones (excluding diaryl/α,β-unsaturated/α-hetero) is 1. The molecular formula is C7H13HgO. The zero-order valence-corrected chi connectivity index (χ0v) is 11.6. The molecule has 0 bridgehead atoms. The summed E-state index contributed by atoms with van der Waals surface area (Å²) in [5, 5.41) is 0. The quantitative estimate of drug-likeness (QED) is 0.626. The van der Waals surface area contributed by atoms with E-state index in [0.717, 1.165) is 51.8 Å². The normalized spacial score (nSPS) is 18.3. The van der Waals surface area contributed by atoms with Crippen LogP contribution in [0.15, 0.2) is 0 Å². The van der Waals surface area contributed by atoms with Gasteiger partial charge in [0, 0.05) is 12.8 Å². The molecule has 0 aromatic carbocycles. The van der Waals surface area contributed by atoms with Crippen LogP contribution in [-0.4, -0.2) is 5.78 Å². The van der Waals surface area contributed by atoms with Crippen molar-refractivity contribution in [2.24, 2.45) is 0 Å². The molecule has 0 radical (unpaired) electrons. The molecule has 2 heteroatoms. The molecule has 0 unspecified atom stereocenters. The Bertz CT molecular complexity index is 73.0. The number of hydrogen-bond donors (Lipinski definition) is 0. The Balaban J connectivity index is 0.000000291. The van der Waals surface area contributed by atoms with Gasteiger partial charge in [0.2, 0.25) is 0 Å². The number of carbonyl (C=O) groups excluding carboxylic acids is 1. The van der Waals surface area contributed by atoms with Crippen LogP contribution in [0.2, 0.25) is 4.43 Å². The average Bonchev–Trinajstić information content (AvgIpc) is 1.94. The van der Waals surface area contributed by atoms with Gasteiger partial charge in [-0.15, -0.1) is 0 Å². The van der Waals surface area contributed by atoms with Crippen LogP contribution in [0.25, 0.3) is 0 Å². The first-order chi connectivity index (χ1) is 4.39. The Morgan fingerprint density at radius 3 is 1.78 bits per heavy atom. The molecule has 0 aromatic rings. The average molecular weight is 314 g/mol. The second-order valence-electron chi connectivity index (χ2n) is 2.10. The summed E-state index contributed by atoms with van der Waals surface area (Å²) in [5.41, 5.74) is 0. The first-order valence-corrected chi connectivity index (χ1v) is 9.12. The van der Waals surface area contributed by atoms with Gasteiger partial charge in [-0.05, 0) is 12.8 Å². The molecule has 0 atom stereocenters. The molecule has 1 fully saturated rings. The molecule has 1 aliphatic carbocycles. The molecule has 0 N–H and O–H groups in total. The molecule has 1 rings (SSSR count). The predicted octanol–water partition coefficient (Wildman–Crippen LogP) is 2.10. The van der Waals surface area contributed by atoms with Crippen molar-refractivity contribution in [2.45, 2.75) is 36.5 Å². The van der Waals surface area contributed by atoms with Gasteiger partial charge in [-0.2, -0.15) is 0 Å². The number of ketones is 1. The molecule has 9 heavy (non-hydrogen) atoms. The van der Waals surface area contributed by atoms with E-state index in [9.17, 15) is 4.79 Å². The topological polar surface area (TPSA) is 17.1 Å². The molecule has 0 aliphatic heterocycles. The third kappa shape index (κ3) is 5.07. The van der Waals surface area contributed by atoms with E-state index < -0.39 is 0 Å². The third-order valence-corrected chi connectivity index (χ3v) is 1.41. The second-order valence-corrected chi connectivity index (χ2v) is 2.10. The number of carbonyl (C=O) groups is 1. The van der Waals surface area contributed by atoms with E-state index in [1.165, 1.54) is 6.42 Å². The van der Waals surface area contributed by atoms with Crippen molar-refractivity contribution < 1.29 is 30.9 Å². The minimum absolute atomic E-state index is 0.464. The number of rotatable bonds is 0. The predicted molar refractivity (Wildman–Crippen MR) is 34.0 cm³/mol. The van der Waals surface area contributed by atoms with Crippen LogP contribution in [0.1, 0.15) is 32.1 Å². The van der Waals surface area contributed by atoms with Crippen LogP contribution >= 0.6 is 0 Å². The summed E-state index contributed by atoms with van der Waals surface area (Å²) in [6.45, 7) is 0. The van der Waals surface area contributed by atoms with Gasteiger partial charge in [-0.25, -0.2) is 0 Å². The monoisotopic (exact) mass is 315 g/mol. The van der Waals surface area contributed by atoms with Gasteiger partial charge < -0.3 is 0 Å². The minimum atomic E-state index is 0.464. The van der Waals surface area contributed by atoms with Crippen LogP contribution in [0, 0.1) is 0 Å². The fraction of sp³-hybridized carbons (Fsp3) is 0.857. The van der Waals surface area contributed by atoms with E-state index in [4.69, 9.17) is 0 Å². The van der Waals surface area contributed by atoms with Crippen molar-refractivity contribution in [3.8, 4) is 0 Å². The van der Waals surface area contributed by atoms with Crippen LogP contribution in [0.3, 0.4) is 0 Å². The summed E-state index contributed by atoms with van der Waals surface area (Å²) in [4.78, 5) is 10.5. The Labute approximate surface area is 73.2 Å². The van der Waals surface area contributed by atoms with Gasteiger partial charge in [0.15, 0.2) is 0 Å². The van der Waals surface area contributed by atoms with Crippen LogP contribution < -0.4 is 0 Å². The van der Waals surface area contributed by atoms with Crippen molar-refractivity contribution in [1.29, 1.82) is 0 Å². The molecule has 49 valence electrons. The fourth-order valence-corrected chi connectivity index (χ4v) is 0.946. The summed E-state index contributed by atoms with van der Waals surface area (Å²) in [6.07, 6.45) is 5.24. The fourth-order valence-electron chi connectivity index (χ4n) is 0.946. The van der Waals surface area contributed by atoms with Crippen molar-refractivity contribution in [1.82, 2.24) is 0 Å². The SMILES string of the molecule is O=C1CCCCC1.[CH3][Hg]. The van der Waals surface area contributed by atoms with Crippen LogP contribution in [-0.2, 0) is 30.9 Å². The van der Waals surface area contributed by atoms with E-state index in [0.29, 0.717) is 5.78 Å². The van der Waals surface area contributed by atoms with Gasteiger partial charge in [0.05, 0.1) is 0 Å². The van der Waals surface area contributed by atoms with Gasteiger partial charge >= 0.3 is 30.6 Å². The number of hydrogen-bond acceptors (Lipinski definition) is 1. The standard InChI is InChI=1S/C6H10O.CH3.Hg/c7-6-4-2-1-3-5-6;;/h1-5H2;1H3;. The van der Waals surface area contributed by atoms with Crippen molar-refractivity contribution in [3.05, 3.63) is 0 Å². The van der Waals surface area contributed by atoms with E-state index in [2.05, 4.69) is 4.43 Å². The van der Waals surface area contributed by atoms with Gasteiger partial charge in [0.25, 0.3) is 0 Å². The first-order valence-electron chi connectivity index (χ1n) is 3.62. The molecule has 1 aliphatic rings. The van der Waals surface area contributed by atoms with Crippen LogP contribution in [0.5, 0.6) is 0 Å².